The van der Waals surface area contributed by atoms with Gasteiger partial charge >= 0.3 is 0 Å². The van der Waals surface area contributed by atoms with Gasteiger partial charge in [0.05, 0.1) is 9.88 Å². The molecule has 1 rings (SSSR count). The molecule has 0 atom stereocenters. The van der Waals surface area contributed by atoms with Crippen LogP contribution in [0.2, 0.25) is 0 Å². The van der Waals surface area contributed by atoms with Gasteiger partial charge in [0, 0.05) is 28.5 Å². The smallest absolute Gasteiger partial charge is 0.244 e. The number of hydrogen-bond acceptors (Lipinski definition) is 3. The van der Waals surface area contributed by atoms with Gasteiger partial charge in [0.2, 0.25) is 10.0 Å². The van der Waals surface area contributed by atoms with E-state index in [2.05, 4.69) is 31.9 Å². The molecule has 0 aliphatic rings. The summed E-state index contributed by atoms with van der Waals surface area (Å²) >= 11 is 11.3. The molecule has 0 amide bonds. The van der Waals surface area contributed by atoms with Crippen LogP contribution in [0.15, 0.2) is 32.0 Å². The van der Waals surface area contributed by atoms with E-state index >= 15 is 0 Å². The molecule has 8 heteroatoms. The Morgan fingerprint density at radius 1 is 1.42 bits per heavy atom. The molecule has 0 heterocycles. The zero-order valence-electron chi connectivity index (χ0n) is 10.3. The molecule has 2 N–H and O–H groups in total. The summed E-state index contributed by atoms with van der Waals surface area (Å²) in [5.74, 6) is 0. The third-order valence-electron chi connectivity index (χ3n) is 2.47. The monoisotopic (exact) mass is 428 g/mol. The first kappa shape index (κ1) is 17.0. The Morgan fingerprint density at radius 2 is 2.05 bits per heavy atom. The van der Waals surface area contributed by atoms with Gasteiger partial charge in [0.15, 0.2) is 0 Å². The van der Waals surface area contributed by atoms with Crippen molar-refractivity contribution in [1.82, 2.24) is 4.31 Å². The average molecular weight is 430 g/mol. The van der Waals surface area contributed by atoms with Gasteiger partial charge in [-0.15, -0.1) is 0 Å². The van der Waals surface area contributed by atoms with Crippen LogP contribution in [-0.2, 0) is 10.0 Å². The van der Waals surface area contributed by atoms with Crippen molar-refractivity contribution < 1.29 is 8.42 Å². The van der Waals surface area contributed by atoms with Crippen LogP contribution in [-0.4, -0.2) is 30.8 Å². The predicted molar refractivity (Wildman–Crippen MR) is 87.7 cm³/mol. The van der Waals surface area contributed by atoms with Gasteiger partial charge in [0.25, 0.3) is 0 Å². The van der Waals surface area contributed by atoms with Crippen LogP contribution in [0.5, 0.6) is 0 Å². The molecule has 1 aromatic rings. The van der Waals surface area contributed by atoms with E-state index in [9.17, 15) is 8.42 Å². The van der Waals surface area contributed by atoms with Gasteiger partial charge in [0.1, 0.15) is 0 Å². The van der Waals surface area contributed by atoms with Crippen molar-refractivity contribution in [2.75, 3.05) is 13.1 Å². The minimum absolute atomic E-state index is 0.228. The number of benzene rings is 1. The zero-order valence-corrected chi connectivity index (χ0v) is 15.1. The van der Waals surface area contributed by atoms with E-state index < -0.39 is 10.0 Å². The second-order valence-corrected chi connectivity index (χ2v) is 7.99. The van der Waals surface area contributed by atoms with E-state index in [0.29, 0.717) is 26.9 Å². The van der Waals surface area contributed by atoms with E-state index in [1.807, 2.05) is 0 Å². The number of thiocarbonyl (C=S) groups is 1. The third-order valence-corrected chi connectivity index (χ3v) is 6.14. The fourth-order valence-electron chi connectivity index (χ4n) is 1.50. The fourth-order valence-corrected chi connectivity index (χ4v) is 4.50. The SMILES string of the molecule is CCN(CCC(N)=S)S(=O)(=O)c1cc(Br)ccc1Br. The van der Waals surface area contributed by atoms with Crippen LogP contribution in [0.1, 0.15) is 13.3 Å². The molecule has 0 unspecified atom stereocenters. The van der Waals surface area contributed by atoms with E-state index in [1.165, 1.54) is 4.31 Å². The number of nitrogens with two attached hydrogens (primary N) is 1. The molecule has 4 nitrogen and oxygen atoms in total. The van der Waals surface area contributed by atoms with Gasteiger partial charge in [-0.05, 0) is 34.1 Å². The second-order valence-electron chi connectivity index (χ2n) is 3.79. The lowest BCUT2D eigenvalue weighted by Gasteiger charge is -2.21. The van der Waals surface area contributed by atoms with E-state index in [4.69, 9.17) is 18.0 Å². The molecule has 0 saturated heterocycles. The lowest BCUT2D eigenvalue weighted by Crippen LogP contribution is -2.33. The molecule has 0 bridgehead atoms. The van der Waals surface area contributed by atoms with Crippen LogP contribution >= 0.6 is 44.1 Å². The lowest BCUT2D eigenvalue weighted by atomic mass is 10.4. The highest BCUT2D eigenvalue weighted by molar-refractivity contribution is 9.11. The van der Waals surface area contributed by atoms with Crippen LogP contribution in [0, 0.1) is 0 Å². The van der Waals surface area contributed by atoms with Crippen LogP contribution < -0.4 is 5.73 Å². The van der Waals surface area contributed by atoms with E-state index in [1.54, 1.807) is 25.1 Å². The summed E-state index contributed by atoms with van der Waals surface area (Å²) in [7, 11) is -3.56. The standard InChI is InChI=1S/C11H14Br2N2O2S2/c1-2-15(6-5-11(14)18)19(16,17)10-7-8(12)3-4-9(10)13/h3-4,7H,2,5-6H2,1H3,(H2,14,18). The highest BCUT2D eigenvalue weighted by atomic mass is 79.9. The van der Waals surface area contributed by atoms with Crippen molar-refractivity contribution in [2.24, 2.45) is 5.73 Å². The average Bonchev–Trinajstić information content (AvgIpc) is 2.32. The first-order valence-electron chi connectivity index (χ1n) is 5.52. The van der Waals surface area contributed by atoms with Gasteiger partial charge in [-0.1, -0.05) is 35.1 Å². The Hall–Kier alpha value is -0.0200. The van der Waals surface area contributed by atoms with Gasteiger partial charge in [-0.25, -0.2) is 8.42 Å². The minimum atomic E-state index is -3.56. The highest BCUT2D eigenvalue weighted by Crippen LogP contribution is 2.28. The zero-order chi connectivity index (χ0) is 14.6. The van der Waals surface area contributed by atoms with Gasteiger partial charge in [-0.2, -0.15) is 4.31 Å². The number of nitrogens with zero attached hydrogens (tertiary/aromatic N) is 1. The van der Waals surface area contributed by atoms with Crippen LogP contribution in [0.25, 0.3) is 0 Å². The van der Waals surface area contributed by atoms with Crippen molar-refractivity contribution in [3.05, 3.63) is 27.1 Å². The van der Waals surface area contributed by atoms with Crippen molar-refractivity contribution >= 4 is 59.1 Å². The molecule has 19 heavy (non-hydrogen) atoms. The fraction of sp³-hybridized carbons (Fsp3) is 0.364. The molecular weight excluding hydrogens is 416 g/mol. The number of rotatable bonds is 6. The van der Waals surface area contributed by atoms with Crippen molar-refractivity contribution in [3.8, 4) is 0 Å². The Kier molecular flexibility index (Phi) is 6.38. The molecular formula is C11H14Br2N2O2S2. The molecule has 1 aromatic carbocycles. The summed E-state index contributed by atoms with van der Waals surface area (Å²) in [5.41, 5.74) is 5.42. The molecule has 0 saturated carbocycles. The van der Waals surface area contributed by atoms with E-state index in [0.717, 1.165) is 0 Å². The lowest BCUT2D eigenvalue weighted by molar-refractivity contribution is 0.437. The first-order chi connectivity index (χ1) is 8.78. The maximum Gasteiger partial charge on any atom is 0.244 e. The summed E-state index contributed by atoms with van der Waals surface area (Å²) in [6, 6.07) is 5.04. The topological polar surface area (TPSA) is 63.4 Å². The summed E-state index contributed by atoms with van der Waals surface area (Å²) < 4.78 is 27.7. The maximum absolute atomic E-state index is 12.5. The molecule has 0 aromatic heterocycles. The summed E-state index contributed by atoms with van der Waals surface area (Å²) in [6.07, 6.45) is 0.369. The van der Waals surface area contributed by atoms with E-state index in [-0.39, 0.29) is 11.4 Å². The number of halogens is 2. The molecule has 0 aliphatic carbocycles. The van der Waals surface area contributed by atoms with Crippen molar-refractivity contribution in [1.29, 1.82) is 0 Å². The molecule has 0 radical (unpaired) electrons. The van der Waals surface area contributed by atoms with Gasteiger partial charge in [-0.3, -0.25) is 0 Å². The normalized spacial score (nSPS) is 11.8. The second kappa shape index (κ2) is 7.12. The molecule has 0 spiro atoms. The quantitative estimate of drug-likeness (QED) is 0.706. The number of sulfonamides is 1. The molecule has 0 aliphatic heterocycles. The summed E-state index contributed by atoms with van der Waals surface area (Å²) in [4.78, 5) is 0.536. The van der Waals surface area contributed by atoms with Crippen molar-refractivity contribution in [2.45, 2.75) is 18.2 Å². The summed E-state index contributed by atoms with van der Waals surface area (Å²) in [5, 5.41) is 0. The Bertz CT molecular complexity index is 576. The van der Waals surface area contributed by atoms with Gasteiger partial charge < -0.3 is 5.73 Å². The van der Waals surface area contributed by atoms with Crippen molar-refractivity contribution in [3.63, 3.8) is 0 Å². The first-order valence-corrected chi connectivity index (χ1v) is 8.96. The molecule has 106 valence electrons. The Labute approximate surface area is 135 Å². The highest BCUT2D eigenvalue weighted by Gasteiger charge is 2.25. The number of hydrogen-bond donors (Lipinski definition) is 1. The van der Waals surface area contributed by atoms with Crippen LogP contribution in [0.3, 0.4) is 0 Å². The maximum atomic E-state index is 12.5. The largest absolute Gasteiger partial charge is 0.393 e. The minimum Gasteiger partial charge on any atom is -0.393 e. The Morgan fingerprint density at radius 3 is 2.58 bits per heavy atom. The summed E-state index contributed by atoms with van der Waals surface area (Å²) in [6.45, 7) is 2.43. The predicted octanol–water partition coefficient (Wildman–Crippen LogP) is 2.90. The third kappa shape index (κ3) is 4.49. The Balaban J connectivity index is 3.13. The van der Waals surface area contributed by atoms with Crippen LogP contribution in [0.4, 0.5) is 0 Å². The molecule has 0 fully saturated rings.